The fourth-order valence-electron chi connectivity index (χ4n) is 1.74. The van der Waals surface area contributed by atoms with Crippen molar-refractivity contribution in [3.8, 4) is 0 Å². The molecule has 5 heteroatoms. The van der Waals surface area contributed by atoms with Crippen molar-refractivity contribution in [1.82, 2.24) is 10.6 Å². The van der Waals surface area contributed by atoms with E-state index in [-0.39, 0.29) is 24.5 Å². The molecule has 0 aliphatic carbocycles. The Morgan fingerprint density at radius 3 is 2.18 bits per heavy atom. The van der Waals surface area contributed by atoms with E-state index in [0.717, 1.165) is 19.3 Å². The van der Waals surface area contributed by atoms with E-state index in [1.165, 1.54) is 0 Å². The molecule has 5 nitrogen and oxygen atoms in total. The zero-order chi connectivity index (χ0) is 13.3. The van der Waals surface area contributed by atoms with E-state index in [1.807, 2.05) is 13.8 Å². The molecule has 0 radical (unpaired) electrons. The normalized spacial score (nSPS) is 13.8. The Balaban J connectivity index is 4.06. The number of carbonyl (C=O) groups excluding carboxylic acids is 1. The minimum absolute atomic E-state index is 0.0244. The average Bonchev–Trinajstić information content (AvgIpc) is 2.16. The fraction of sp³-hybridized carbons (Fsp3) is 0.833. The molecule has 0 bridgehead atoms. The number of carbonyl (C=O) groups is 2. The van der Waals surface area contributed by atoms with Crippen molar-refractivity contribution in [2.45, 2.75) is 65.0 Å². The van der Waals surface area contributed by atoms with Gasteiger partial charge in [0.1, 0.15) is 0 Å². The molecule has 0 aromatic heterocycles. The Kier molecular flexibility index (Phi) is 8.19. The third-order valence-corrected chi connectivity index (χ3v) is 2.49. The Morgan fingerprint density at radius 1 is 1.12 bits per heavy atom. The van der Waals surface area contributed by atoms with Crippen LogP contribution in [0.4, 0.5) is 4.79 Å². The maximum atomic E-state index is 11.6. The lowest BCUT2D eigenvalue weighted by Gasteiger charge is -2.19. The molecule has 2 atom stereocenters. The van der Waals surface area contributed by atoms with Gasteiger partial charge in [0.15, 0.2) is 0 Å². The molecule has 0 aliphatic heterocycles. The van der Waals surface area contributed by atoms with Gasteiger partial charge in [-0.2, -0.15) is 0 Å². The Bertz CT molecular complexity index is 244. The average molecular weight is 244 g/mol. The van der Waals surface area contributed by atoms with Gasteiger partial charge in [-0.25, -0.2) is 4.79 Å². The van der Waals surface area contributed by atoms with Gasteiger partial charge in [-0.05, 0) is 19.8 Å². The van der Waals surface area contributed by atoms with E-state index in [1.54, 1.807) is 0 Å². The summed E-state index contributed by atoms with van der Waals surface area (Å²) in [5, 5.41) is 14.2. The first-order chi connectivity index (χ1) is 7.99. The molecule has 0 saturated carbocycles. The first kappa shape index (κ1) is 15.7. The van der Waals surface area contributed by atoms with Gasteiger partial charge in [-0.1, -0.05) is 26.7 Å². The number of rotatable bonds is 8. The molecule has 3 N–H and O–H groups in total. The van der Waals surface area contributed by atoms with Gasteiger partial charge >= 0.3 is 12.0 Å². The smallest absolute Gasteiger partial charge is 0.315 e. The van der Waals surface area contributed by atoms with Crippen LogP contribution in [0.1, 0.15) is 52.9 Å². The van der Waals surface area contributed by atoms with Gasteiger partial charge in [-0.3, -0.25) is 4.79 Å². The van der Waals surface area contributed by atoms with E-state index in [9.17, 15) is 9.59 Å². The van der Waals surface area contributed by atoms with E-state index in [0.29, 0.717) is 6.42 Å². The molecule has 0 rings (SSSR count). The number of amides is 2. The molecular weight excluding hydrogens is 220 g/mol. The van der Waals surface area contributed by atoms with E-state index >= 15 is 0 Å². The first-order valence-electron chi connectivity index (χ1n) is 6.28. The van der Waals surface area contributed by atoms with Crippen LogP contribution in [0.5, 0.6) is 0 Å². The SMILES string of the molecule is CCCC(C)NC(=O)NC(CCC)CC(=O)O. The Morgan fingerprint density at radius 2 is 1.71 bits per heavy atom. The molecule has 0 aromatic rings. The highest BCUT2D eigenvalue weighted by Crippen LogP contribution is 2.02. The summed E-state index contributed by atoms with van der Waals surface area (Å²) in [5.41, 5.74) is 0. The zero-order valence-corrected chi connectivity index (χ0v) is 11.0. The third-order valence-electron chi connectivity index (χ3n) is 2.49. The quantitative estimate of drug-likeness (QED) is 0.612. The largest absolute Gasteiger partial charge is 0.481 e. The van der Waals surface area contributed by atoms with Crippen molar-refractivity contribution in [2.24, 2.45) is 0 Å². The number of carboxylic acids is 1. The van der Waals surface area contributed by atoms with Crippen molar-refractivity contribution < 1.29 is 14.7 Å². The summed E-state index contributed by atoms with van der Waals surface area (Å²) in [4.78, 5) is 22.2. The van der Waals surface area contributed by atoms with Gasteiger partial charge in [0.2, 0.25) is 0 Å². The van der Waals surface area contributed by atoms with Crippen molar-refractivity contribution in [1.29, 1.82) is 0 Å². The molecule has 0 fully saturated rings. The molecule has 0 saturated heterocycles. The number of nitrogens with one attached hydrogen (secondary N) is 2. The van der Waals surface area contributed by atoms with Gasteiger partial charge in [0.05, 0.1) is 6.42 Å². The second-order valence-electron chi connectivity index (χ2n) is 4.39. The van der Waals surface area contributed by atoms with Crippen LogP contribution < -0.4 is 10.6 Å². The molecule has 2 amide bonds. The van der Waals surface area contributed by atoms with Gasteiger partial charge < -0.3 is 15.7 Å². The van der Waals surface area contributed by atoms with E-state index in [2.05, 4.69) is 17.6 Å². The van der Waals surface area contributed by atoms with E-state index < -0.39 is 5.97 Å². The summed E-state index contributed by atoms with van der Waals surface area (Å²) in [6.45, 7) is 5.96. The summed E-state index contributed by atoms with van der Waals surface area (Å²) in [6, 6.07) is -0.441. The first-order valence-corrected chi connectivity index (χ1v) is 6.28. The summed E-state index contributed by atoms with van der Waals surface area (Å²) >= 11 is 0. The van der Waals surface area contributed by atoms with Crippen molar-refractivity contribution in [3.63, 3.8) is 0 Å². The lowest BCUT2D eigenvalue weighted by Crippen LogP contribution is -2.46. The molecule has 0 spiro atoms. The van der Waals surface area contributed by atoms with Crippen LogP contribution in [-0.4, -0.2) is 29.2 Å². The molecule has 0 heterocycles. The second-order valence-corrected chi connectivity index (χ2v) is 4.39. The van der Waals surface area contributed by atoms with Crippen molar-refractivity contribution in [2.75, 3.05) is 0 Å². The number of hydrogen-bond acceptors (Lipinski definition) is 2. The van der Waals surface area contributed by atoms with Crippen molar-refractivity contribution in [3.05, 3.63) is 0 Å². The fourth-order valence-corrected chi connectivity index (χ4v) is 1.74. The highest BCUT2D eigenvalue weighted by Gasteiger charge is 2.15. The summed E-state index contributed by atoms with van der Waals surface area (Å²) in [7, 11) is 0. The topological polar surface area (TPSA) is 78.4 Å². The van der Waals surface area contributed by atoms with Crippen LogP contribution in [0.2, 0.25) is 0 Å². The number of urea groups is 1. The maximum Gasteiger partial charge on any atom is 0.315 e. The van der Waals surface area contributed by atoms with Crippen LogP contribution in [-0.2, 0) is 4.79 Å². The molecule has 2 unspecified atom stereocenters. The molecule has 0 aliphatic rings. The molecule has 0 aromatic carbocycles. The van der Waals surface area contributed by atoms with Gasteiger partial charge in [0.25, 0.3) is 0 Å². The Labute approximate surface area is 103 Å². The van der Waals surface area contributed by atoms with Crippen LogP contribution in [0.25, 0.3) is 0 Å². The maximum absolute atomic E-state index is 11.6. The molecule has 17 heavy (non-hydrogen) atoms. The summed E-state index contributed by atoms with van der Waals surface area (Å²) < 4.78 is 0. The predicted molar refractivity (Wildman–Crippen MR) is 67.0 cm³/mol. The standard InChI is InChI=1S/C12H24N2O3/c1-4-6-9(3)13-12(17)14-10(7-5-2)8-11(15)16/h9-10H,4-8H2,1-3H3,(H,15,16)(H2,13,14,17). The zero-order valence-electron chi connectivity index (χ0n) is 11.0. The monoisotopic (exact) mass is 244 g/mol. The van der Waals surface area contributed by atoms with Crippen LogP contribution in [0.3, 0.4) is 0 Å². The molecule has 100 valence electrons. The van der Waals surface area contributed by atoms with E-state index in [4.69, 9.17) is 5.11 Å². The Hall–Kier alpha value is -1.26. The lowest BCUT2D eigenvalue weighted by atomic mass is 10.1. The van der Waals surface area contributed by atoms with Crippen LogP contribution in [0, 0.1) is 0 Å². The summed E-state index contributed by atoms with van der Waals surface area (Å²) in [5.74, 6) is -0.884. The van der Waals surface area contributed by atoms with Gasteiger partial charge in [-0.15, -0.1) is 0 Å². The van der Waals surface area contributed by atoms with Crippen LogP contribution >= 0.6 is 0 Å². The number of carboxylic acid groups (broad SMARTS) is 1. The number of aliphatic carboxylic acids is 1. The third kappa shape index (κ3) is 8.54. The highest BCUT2D eigenvalue weighted by molar-refractivity contribution is 5.75. The highest BCUT2D eigenvalue weighted by atomic mass is 16.4. The minimum Gasteiger partial charge on any atom is -0.481 e. The minimum atomic E-state index is -0.884. The number of hydrogen-bond donors (Lipinski definition) is 3. The predicted octanol–water partition coefficient (Wildman–Crippen LogP) is 2.12. The summed E-state index contributed by atoms with van der Waals surface area (Å²) in [6.07, 6.45) is 3.44. The second kappa shape index (κ2) is 8.84. The van der Waals surface area contributed by atoms with Gasteiger partial charge in [0, 0.05) is 12.1 Å². The molecular formula is C12H24N2O3. The van der Waals surface area contributed by atoms with Crippen LogP contribution in [0.15, 0.2) is 0 Å². The van der Waals surface area contributed by atoms with Crippen molar-refractivity contribution >= 4 is 12.0 Å². The lowest BCUT2D eigenvalue weighted by molar-refractivity contribution is -0.137.